The second-order valence-corrected chi connectivity index (χ2v) is 7.36. The lowest BCUT2D eigenvalue weighted by molar-refractivity contribution is 1.20. The fourth-order valence-corrected chi connectivity index (χ4v) is 3.87. The van der Waals surface area contributed by atoms with Gasteiger partial charge in [0, 0.05) is 0 Å². The molecule has 0 saturated heterocycles. The summed E-state index contributed by atoms with van der Waals surface area (Å²) in [5.41, 5.74) is 13.2. The lowest BCUT2D eigenvalue weighted by Gasteiger charge is -2.17. The van der Waals surface area contributed by atoms with Crippen molar-refractivity contribution in [2.24, 2.45) is 0 Å². The first-order valence-corrected chi connectivity index (χ1v) is 9.32. The Morgan fingerprint density at radius 3 is 1.19 bits per heavy atom. The Morgan fingerprint density at radius 2 is 0.885 bits per heavy atom. The van der Waals surface area contributed by atoms with Crippen LogP contribution in [0.1, 0.15) is 51.7 Å². The summed E-state index contributed by atoms with van der Waals surface area (Å²) in [6.07, 6.45) is 9.08. The summed E-state index contributed by atoms with van der Waals surface area (Å²) in [7, 11) is 0. The molecule has 0 amide bonds. The van der Waals surface area contributed by atoms with Crippen LogP contribution in [0.15, 0.2) is 70.8 Å². The van der Waals surface area contributed by atoms with Crippen LogP contribution >= 0.6 is 0 Å². The van der Waals surface area contributed by atoms with E-state index in [2.05, 4.69) is 88.4 Å². The highest BCUT2D eigenvalue weighted by atomic mass is 14.2. The van der Waals surface area contributed by atoms with Gasteiger partial charge in [0.2, 0.25) is 0 Å². The lowest BCUT2D eigenvalue weighted by atomic mass is 9.87. The first kappa shape index (κ1) is 16.8. The Kier molecular flexibility index (Phi) is 4.28. The zero-order chi connectivity index (χ0) is 18.3. The first-order valence-electron chi connectivity index (χ1n) is 9.32. The SMILES string of the molecule is CC1=C(C)C(c2ccccc2-c2ccccc2C2=[C]CC(C)=C2C)=[C]C1. The van der Waals surface area contributed by atoms with Crippen molar-refractivity contribution in [1.29, 1.82) is 0 Å². The Hall–Kier alpha value is -2.60. The molecule has 0 heteroatoms. The number of benzene rings is 2. The predicted octanol–water partition coefficient (Wildman–Crippen LogP) is 7.21. The van der Waals surface area contributed by atoms with Crippen molar-refractivity contribution in [3.8, 4) is 11.1 Å². The van der Waals surface area contributed by atoms with Crippen LogP contribution in [0.5, 0.6) is 0 Å². The molecule has 0 unspecified atom stereocenters. The van der Waals surface area contributed by atoms with Crippen molar-refractivity contribution in [2.45, 2.75) is 40.5 Å². The summed E-state index contributed by atoms with van der Waals surface area (Å²) >= 11 is 0. The topological polar surface area (TPSA) is 0 Å². The maximum atomic E-state index is 3.60. The molecule has 4 rings (SSSR count). The summed E-state index contributed by atoms with van der Waals surface area (Å²) in [6, 6.07) is 17.5. The van der Waals surface area contributed by atoms with Crippen molar-refractivity contribution in [3.05, 3.63) is 94.1 Å². The molecular weight excluding hydrogens is 312 g/mol. The van der Waals surface area contributed by atoms with Gasteiger partial charge in [0.05, 0.1) is 0 Å². The molecule has 0 atom stereocenters. The van der Waals surface area contributed by atoms with Gasteiger partial charge in [0.15, 0.2) is 0 Å². The van der Waals surface area contributed by atoms with Crippen molar-refractivity contribution < 1.29 is 0 Å². The van der Waals surface area contributed by atoms with E-state index in [-0.39, 0.29) is 0 Å². The van der Waals surface area contributed by atoms with Gasteiger partial charge in [-0.2, -0.15) is 0 Å². The average molecular weight is 336 g/mol. The first-order chi connectivity index (χ1) is 12.6. The summed E-state index contributed by atoms with van der Waals surface area (Å²) in [5, 5.41) is 0. The smallest absolute Gasteiger partial charge is 0.00546 e. The van der Waals surface area contributed by atoms with Crippen molar-refractivity contribution in [1.82, 2.24) is 0 Å². The normalized spacial score (nSPS) is 17.1. The summed E-state index contributed by atoms with van der Waals surface area (Å²) in [5.74, 6) is 0. The highest BCUT2D eigenvalue weighted by Gasteiger charge is 2.20. The molecule has 0 aromatic heterocycles. The molecule has 2 aromatic carbocycles. The molecule has 0 saturated carbocycles. The minimum absolute atomic E-state index is 0.942. The lowest BCUT2D eigenvalue weighted by Crippen LogP contribution is -1.95. The second kappa shape index (κ2) is 6.61. The van der Waals surface area contributed by atoms with E-state index in [0.29, 0.717) is 0 Å². The minimum Gasteiger partial charge on any atom is -0.0654 e. The van der Waals surface area contributed by atoms with Crippen LogP contribution < -0.4 is 0 Å². The van der Waals surface area contributed by atoms with E-state index < -0.39 is 0 Å². The quantitative estimate of drug-likeness (QED) is 0.555. The molecule has 2 aromatic rings. The van der Waals surface area contributed by atoms with E-state index in [1.54, 1.807) is 0 Å². The molecule has 0 nitrogen and oxygen atoms in total. The van der Waals surface area contributed by atoms with Crippen molar-refractivity contribution >= 4 is 11.1 Å². The largest absolute Gasteiger partial charge is 0.0654 e. The van der Waals surface area contributed by atoms with Crippen LogP contribution in [0, 0.1) is 12.2 Å². The van der Waals surface area contributed by atoms with E-state index in [9.17, 15) is 0 Å². The van der Waals surface area contributed by atoms with E-state index in [4.69, 9.17) is 0 Å². The van der Waals surface area contributed by atoms with E-state index in [1.165, 1.54) is 55.7 Å². The number of allylic oxidation sites excluding steroid dienone is 8. The Morgan fingerprint density at radius 1 is 0.538 bits per heavy atom. The summed E-state index contributed by atoms with van der Waals surface area (Å²) in [6.45, 7) is 8.86. The number of hydrogen-bond acceptors (Lipinski definition) is 0. The molecule has 0 fully saturated rings. The van der Waals surface area contributed by atoms with Gasteiger partial charge in [-0.05, 0) is 97.2 Å². The van der Waals surface area contributed by atoms with Crippen molar-refractivity contribution in [2.75, 3.05) is 0 Å². The Balaban J connectivity index is 1.90. The molecule has 0 N–H and O–H groups in total. The zero-order valence-corrected chi connectivity index (χ0v) is 16.0. The van der Waals surface area contributed by atoms with Crippen LogP contribution in [0.2, 0.25) is 0 Å². The third-order valence-electron chi connectivity index (χ3n) is 5.77. The number of rotatable bonds is 3. The van der Waals surface area contributed by atoms with Gasteiger partial charge in [-0.3, -0.25) is 0 Å². The molecular formula is C26H24. The highest BCUT2D eigenvalue weighted by Crippen LogP contribution is 2.42. The van der Waals surface area contributed by atoms with Gasteiger partial charge >= 0.3 is 0 Å². The van der Waals surface area contributed by atoms with Gasteiger partial charge in [-0.15, -0.1) is 0 Å². The van der Waals surface area contributed by atoms with E-state index >= 15 is 0 Å². The maximum Gasteiger partial charge on any atom is -0.00546 e. The fraction of sp³-hybridized carbons (Fsp3) is 0.231. The van der Waals surface area contributed by atoms with Crippen molar-refractivity contribution in [3.63, 3.8) is 0 Å². The third kappa shape index (κ3) is 2.70. The van der Waals surface area contributed by atoms with Gasteiger partial charge < -0.3 is 0 Å². The third-order valence-corrected chi connectivity index (χ3v) is 5.77. The molecule has 26 heavy (non-hydrogen) atoms. The molecule has 2 radical (unpaired) electrons. The van der Waals surface area contributed by atoms with Crippen LogP contribution in [0.4, 0.5) is 0 Å². The summed E-state index contributed by atoms with van der Waals surface area (Å²) in [4.78, 5) is 0. The summed E-state index contributed by atoms with van der Waals surface area (Å²) < 4.78 is 0. The standard InChI is InChI=1S/C26H24/c1-17-13-15-21(19(17)3)23-9-5-7-11-25(23)26-12-8-6-10-24(26)22-16-14-18(2)20(22)4/h5-12H,13-14H2,1-4H3. The molecule has 0 heterocycles. The highest BCUT2D eigenvalue weighted by molar-refractivity contribution is 5.94. The second-order valence-electron chi connectivity index (χ2n) is 7.36. The molecule has 0 spiro atoms. The maximum absolute atomic E-state index is 3.60. The molecule has 2 aliphatic rings. The van der Waals surface area contributed by atoms with Crippen LogP contribution in [0.3, 0.4) is 0 Å². The minimum atomic E-state index is 0.942. The monoisotopic (exact) mass is 336 g/mol. The predicted molar refractivity (Wildman–Crippen MR) is 111 cm³/mol. The van der Waals surface area contributed by atoms with Gasteiger partial charge in [-0.25, -0.2) is 0 Å². The molecule has 2 aliphatic carbocycles. The molecule has 0 aliphatic heterocycles. The van der Waals surface area contributed by atoms with E-state index in [1.807, 2.05) is 0 Å². The molecule has 0 bridgehead atoms. The van der Waals surface area contributed by atoms with Gasteiger partial charge in [0.1, 0.15) is 0 Å². The number of hydrogen-bond donors (Lipinski definition) is 0. The van der Waals surface area contributed by atoms with Crippen LogP contribution in [-0.4, -0.2) is 0 Å². The Labute approximate surface area is 157 Å². The fourth-order valence-electron chi connectivity index (χ4n) is 3.87. The molecule has 128 valence electrons. The zero-order valence-electron chi connectivity index (χ0n) is 16.0. The Bertz CT molecular complexity index is 922. The van der Waals surface area contributed by atoms with Gasteiger partial charge in [-0.1, -0.05) is 59.7 Å². The van der Waals surface area contributed by atoms with Crippen LogP contribution in [-0.2, 0) is 0 Å². The van der Waals surface area contributed by atoms with Crippen LogP contribution in [0.25, 0.3) is 22.3 Å². The van der Waals surface area contributed by atoms with Gasteiger partial charge in [0.25, 0.3) is 0 Å². The van der Waals surface area contributed by atoms with E-state index in [0.717, 1.165) is 12.8 Å². The average Bonchev–Trinajstić information content (AvgIpc) is 3.17.